The molecule has 1 heteroatoms. The van der Waals surface area contributed by atoms with Crippen molar-refractivity contribution in [3.63, 3.8) is 0 Å². The highest BCUT2D eigenvalue weighted by atomic mass is 14.7. The molecule has 0 radical (unpaired) electrons. The highest BCUT2D eigenvalue weighted by Crippen LogP contribution is 2.38. The van der Waals surface area contributed by atoms with E-state index in [1.165, 1.54) is 16.7 Å². The van der Waals surface area contributed by atoms with Crippen LogP contribution in [0, 0.1) is 6.92 Å². The molecule has 0 fully saturated rings. The summed E-state index contributed by atoms with van der Waals surface area (Å²) in [5, 5.41) is 0. The average molecular weight is 219 g/mol. The van der Waals surface area contributed by atoms with Crippen molar-refractivity contribution in [1.82, 2.24) is 4.98 Å². The molecule has 0 atom stereocenters. The molecule has 0 aromatic carbocycles. The number of aromatic nitrogens is 1. The predicted molar refractivity (Wildman–Crippen MR) is 72.3 cm³/mol. The van der Waals surface area contributed by atoms with Crippen molar-refractivity contribution in [1.29, 1.82) is 0 Å². The SMILES string of the molecule is Cc1ccc2c(n1)C1=CC\1=C/C=C\C=C/C=C2. The monoisotopic (exact) mass is 219 g/mol. The van der Waals surface area contributed by atoms with E-state index >= 15 is 0 Å². The molecule has 2 aliphatic carbocycles. The van der Waals surface area contributed by atoms with E-state index in [1.54, 1.807) is 0 Å². The van der Waals surface area contributed by atoms with E-state index in [-0.39, 0.29) is 0 Å². The largest absolute Gasteiger partial charge is 0.252 e. The van der Waals surface area contributed by atoms with Gasteiger partial charge in [0, 0.05) is 16.8 Å². The van der Waals surface area contributed by atoms with E-state index in [1.807, 2.05) is 31.2 Å². The molecule has 82 valence electrons. The maximum Gasteiger partial charge on any atom is 0.0783 e. The Bertz CT molecular complexity index is 610. The summed E-state index contributed by atoms with van der Waals surface area (Å²) >= 11 is 0. The zero-order valence-corrected chi connectivity index (χ0v) is 9.72. The van der Waals surface area contributed by atoms with E-state index in [4.69, 9.17) is 0 Å². The molecule has 2 aliphatic rings. The summed E-state index contributed by atoms with van der Waals surface area (Å²) in [6, 6.07) is 4.18. The van der Waals surface area contributed by atoms with Crippen LogP contribution in [0.5, 0.6) is 0 Å². The molecule has 0 spiro atoms. The van der Waals surface area contributed by atoms with Crippen LogP contribution in [0.2, 0.25) is 0 Å². The minimum atomic E-state index is 1.06. The van der Waals surface area contributed by atoms with Crippen molar-refractivity contribution >= 4 is 11.6 Å². The average Bonchev–Trinajstić information content (AvgIpc) is 3.07. The van der Waals surface area contributed by atoms with Gasteiger partial charge in [0.25, 0.3) is 0 Å². The van der Waals surface area contributed by atoms with Gasteiger partial charge in [-0.3, -0.25) is 4.98 Å². The van der Waals surface area contributed by atoms with Crippen molar-refractivity contribution in [2.45, 2.75) is 6.92 Å². The third-order valence-corrected chi connectivity index (χ3v) is 2.84. The summed E-state index contributed by atoms with van der Waals surface area (Å²) in [7, 11) is 0. The molecular formula is C16H13N. The Hall–Kier alpha value is -2.15. The molecule has 1 heterocycles. The summed E-state index contributed by atoms with van der Waals surface area (Å²) < 4.78 is 0. The fourth-order valence-electron chi connectivity index (χ4n) is 1.89. The summed E-state index contributed by atoms with van der Waals surface area (Å²) in [6.45, 7) is 2.03. The Morgan fingerprint density at radius 3 is 2.71 bits per heavy atom. The van der Waals surface area contributed by atoms with E-state index < -0.39 is 0 Å². The highest BCUT2D eigenvalue weighted by Gasteiger charge is 2.21. The minimum absolute atomic E-state index is 1.06. The first-order valence-corrected chi connectivity index (χ1v) is 5.76. The van der Waals surface area contributed by atoms with Gasteiger partial charge in [-0.1, -0.05) is 48.6 Å². The molecule has 0 aliphatic heterocycles. The van der Waals surface area contributed by atoms with Crippen molar-refractivity contribution in [3.8, 4) is 0 Å². The van der Waals surface area contributed by atoms with E-state index in [0.29, 0.717) is 0 Å². The first-order valence-electron chi connectivity index (χ1n) is 5.76. The second-order valence-electron chi connectivity index (χ2n) is 4.20. The molecule has 0 unspecified atom stereocenters. The second-order valence-corrected chi connectivity index (χ2v) is 4.20. The van der Waals surface area contributed by atoms with Crippen LogP contribution in [0.3, 0.4) is 0 Å². The Morgan fingerprint density at radius 2 is 1.76 bits per heavy atom. The molecule has 17 heavy (non-hydrogen) atoms. The second kappa shape index (κ2) is 4.02. The summed E-state index contributed by atoms with van der Waals surface area (Å²) in [5.74, 6) is 0. The van der Waals surface area contributed by atoms with Crippen molar-refractivity contribution < 1.29 is 0 Å². The zero-order valence-electron chi connectivity index (χ0n) is 9.72. The molecule has 1 aromatic rings. The van der Waals surface area contributed by atoms with Gasteiger partial charge in [-0.25, -0.2) is 0 Å². The lowest BCUT2D eigenvalue weighted by Crippen LogP contribution is -1.91. The Kier molecular flexibility index (Phi) is 2.37. The Labute approximate surface area is 101 Å². The maximum absolute atomic E-state index is 4.63. The molecule has 3 rings (SSSR count). The van der Waals surface area contributed by atoms with Gasteiger partial charge in [-0.2, -0.15) is 0 Å². The van der Waals surface area contributed by atoms with Gasteiger partial charge >= 0.3 is 0 Å². The van der Waals surface area contributed by atoms with Crippen molar-refractivity contribution in [2.75, 3.05) is 0 Å². The third kappa shape index (κ3) is 2.04. The smallest absolute Gasteiger partial charge is 0.0783 e. The van der Waals surface area contributed by atoms with Gasteiger partial charge in [0.2, 0.25) is 0 Å². The fourth-order valence-corrected chi connectivity index (χ4v) is 1.89. The van der Waals surface area contributed by atoms with E-state index in [0.717, 1.165) is 11.4 Å². The zero-order chi connectivity index (χ0) is 11.7. The van der Waals surface area contributed by atoms with Gasteiger partial charge in [0.15, 0.2) is 0 Å². The number of aryl methyl sites for hydroxylation is 1. The van der Waals surface area contributed by atoms with Crippen LogP contribution in [0.15, 0.2) is 60.2 Å². The van der Waals surface area contributed by atoms with Crippen LogP contribution < -0.4 is 0 Å². The number of nitrogens with zero attached hydrogens (tertiary/aromatic N) is 1. The van der Waals surface area contributed by atoms with Crippen LogP contribution in [0.1, 0.15) is 17.0 Å². The number of hydrogen-bond acceptors (Lipinski definition) is 1. The lowest BCUT2D eigenvalue weighted by Gasteiger charge is -2.02. The highest BCUT2D eigenvalue weighted by molar-refractivity contribution is 5.98. The van der Waals surface area contributed by atoms with Crippen molar-refractivity contribution in [3.05, 3.63) is 77.2 Å². The number of pyridine rings is 1. The van der Waals surface area contributed by atoms with Crippen LogP contribution in [-0.2, 0) is 0 Å². The first-order chi connectivity index (χ1) is 8.34. The Balaban J connectivity index is 2.12. The third-order valence-electron chi connectivity index (χ3n) is 2.84. The molecule has 1 aromatic heterocycles. The molecule has 0 N–H and O–H groups in total. The number of hydrogen-bond donors (Lipinski definition) is 0. The van der Waals surface area contributed by atoms with Gasteiger partial charge < -0.3 is 0 Å². The molecular weight excluding hydrogens is 206 g/mol. The lowest BCUT2D eigenvalue weighted by atomic mass is 10.1. The Morgan fingerprint density at radius 1 is 0.941 bits per heavy atom. The van der Waals surface area contributed by atoms with Gasteiger partial charge in [0.1, 0.15) is 0 Å². The van der Waals surface area contributed by atoms with Gasteiger partial charge in [-0.15, -0.1) is 0 Å². The van der Waals surface area contributed by atoms with Gasteiger partial charge in [0.05, 0.1) is 5.69 Å². The lowest BCUT2D eigenvalue weighted by molar-refractivity contribution is 1.17. The van der Waals surface area contributed by atoms with E-state index in [9.17, 15) is 0 Å². The van der Waals surface area contributed by atoms with Crippen LogP contribution in [0.4, 0.5) is 0 Å². The van der Waals surface area contributed by atoms with Crippen LogP contribution in [0.25, 0.3) is 11.6 Å². The summed E-state index contributed by atoms with van der Waals surface area (Å²) in [4.78, 5) is 4.63. The maximum atomic E-state index is 4.63. The number of rotatable bonds is 0. The number of fused-ring (bicyclic) bond motifs is 3. The molecule has 0 amide bonds. The van der Waals surface area contributed by atoms with Crippen molar-refractivity contribution in [2.24, 2.45) is 0 Å². The fraction of sp³-hybridized carbons (Fsp3) is 0.0625. The topological polar surface area (TPSA) is 12.9 Å². The van der Waals surface area contributed by atoms with E-state index in [2.05, 4.69) is 41.4 Å². The minimum Gasteiger partial charge on any atom is -0.252 e. The molecule has 0 saturated carbocycles. The molecule has 0 bridgehead atoms. The quantitative estimate of drug-likeness (QED) is 0.645. The summed E-state index contributed by atoms with van der Waals surface area (Å²) in [5.41, 5.74) is 5.88. The predicted octanol–water partition coefficient (Wildman–Crippen LogP) is 3.85. The molecule has 1 nitrogen and oxygen atoms in total. The van der Waals surface area contributed by atoms with Gasteiger partial charge in [-0.05, 0) is 24.6 Å². The van der Waals surface area contributed by atoms with Crippen LogP contribution in [-0.4, -0.2) is 4.98 Å². The first kappa shape index (κ1) is 10.0. The number of allylic oxidation sites excluding steroid dienone is 9. The van der Waals surface area contributed by atoms with Crippen LogP contribution >= 0.6 is 0 Å². The summed E-state index contributed by atoms with van der Waals surface area (Å²) in [6.07, 6.45) is 16.6. The normalized spacial score (nSPS) is 23.4. The standard InChI is InChI=1S/C16H13N/c1-12-9-10-13-7-5-3-2-4-6-8-14-11-15(14)16(13)17-12/h2-11H,1H3/b3-2-,4-2?,5-3?,6-4-,7-5?,8-6?,13-7?,14-8+,16-15?. The molecule has 0 saturated heterocycles.